The van der Waals surface area contributed by atoms with E-state index < -0.39 is 10.0 Å². The van der Waals surface area contributed by atoms with Crippen molar-refractivity contribution < 1.29 is 13.5 Å². The molecule has 0 saturated carbocycles. The van der Waals surface area contributed by atoms with Gasteiger partial charge in [0.1, 0.15) is 5.75 Å². The molecule has 1 fully saturated rings. The lowest BCUT2D eigenvalue weighted by molar-refractivity contribution is 0.446. The predicted octanol–water partition coefficient (Wildman–Crippen LogP) is 3.68. The minimum absolute atomic E-state index is 0.0300. The van der Waals surface area contributed by atoms with E-state index in [0.29, 0.717) is 29.8 Å². The highest BCUT2D eigenvalue weighted by Crippen LogP contribution is 2.29. The molecular weight excluding hydrogens is 382 g/mol. The highest BCUT2D eigenvalue weighted by molar-refractivity contribution is 7.89. The van der Waals surface area contributed by atoms with Crippen molar-refractivity contribution in [2.45, 2.75) is 57.3 Å². The van der Waals surface area contributed by atoms with Crippen molar-refractivity contribution in [2.24, 2.45) is 5.92 Å². The van der Waals surface area contributed by atoms with Crippen LogP contribution in [-0.4, -0.2) is 42.6 Å². The predicted molar refractivity (Wildman–Crippen MR) is 114 cm³/mol. The Bertz CT molecular complexity index is 732. The maximum atomic E-state index is 12.7. The van der Waals surface area contributed by atoms with Gasteiger partial charge in [0, 0.05) is 19.6 Å². The van der Waals surface area contributed by atoms with Gasteiger partial charge in [-0.3, -0.25) is 0 Å². The SMILES string of the molecule is CCCC[C@H](CC)CNC(=S)Nc1cc(S(=O)(=O)N2CCCC2)ccc1O. The number of unbranched alkanes of at least 4 members (excludes halogenated alkanes) is 1. The average molecular weight is 414 g/mol. The summed E-state index contributed by atoms with van der Waals surface area (Å²) in [5.41, 5.74) is 0.300. The van der Waals surface area contributed by atoms with E-state index in [2.05, 4.69) is 24.5 Å². The fraction of sp³-hybridized carbons (Fsp3) is 0.632. The van der Waals surface area contributed by atoms with Gasteiger partial charge in [0.2, 0.25) is 10.0 Å². The number of benzene rings is 1. The third-order valence-electron chi connectivity index (χ3n) is 5.01. The highest BCUT2D eigenvalue weighted by Gasteiger charge is 2.27. The quantitative estimate of drug-likeness (QED) is 0.423. The van der Waals surface area contributed by atoms with Crippen LogP contribution in [0.5, 0.6) is 5.75 Å². The Kier molecular flexibility index (Phi) is 8.31. The van der Waals surface area contributed by atoms with Crippen LogP contribution in [0.1, 0.15) is 52.4 Å². The molecule has 3 N–H and O–H groups in total. The molecule has 0 aliphatic carbocycles. The van der Waals surface area contributed by atoms with Crippen LogP contribution >= 0.6 is 12.2 Å². The van der Waals surface area contributed by atoms with Crippen molar-refractivity contribution in [3.63, 3.8) is 0 Å². The molecule has 1 aromatic rings. The number of nitrogens with zero attached hydrogens (tertiary/aromatic N) is 1. The number of phenols is 1. The summed E-state index contributed by atoms with van der Waals surface area (Å²) in [5, 5.41) is 16.6. The minimum Gasteiger partial charge on any atom is -0.506 e. The Labute approximate surface area is 168 Å². The zero-order valence-corrected chi connectivity index (χ0v) is 17.8. The monoisotopic (exact) mass is 413 g/mol. The molecule has 1 aliphatic heterocycles. The van der Waals surface area contributed by atoms with Crippen LogP contribution < -0.4 is 10.6 Å². The van der Waals surface area contributed by atoms with Crippen molar-refractivity contribution in [1.29, 1.82) is 0 Å². The summed E-state index contributed by atoms with van der Waals surface area (Å²) in [6.45, 7) is 6.19. The van der Waals surface area contributed by atoms with Gasteiger partial charge in [0.25, 0.3) is 0 Å². The smallest absolute Gasteiger partial charge is 0.243 e. The second-order valence-electron chi connectivity index (χ2n) is 7.04. The standard InChI is InChI=1S/C19H31N3O3S2/c1-3-5-8-15(4-2)14-20-19(26)21-17-13-16(9-10-18(17)23)27(24,25)22-11-6-7-12-22/h9-10,13,15,23H,3-8,11-12,14H2,1-2H3,(H2,20,21,26)/t15-/m0/s1. The first kappa shape index (κ1) is 21.9. The molecule has 0 aromatic heterocycles. The summed E-state index contributed by atoms with van der Waals surface area (Å²) in [5.74, 6) is 0.512. The molecule has 1 heterocycles. The van der Waals surface area contributed by atoms with E-state index >= 15 is 0 Å². The summed E-state index contributed by atoms with van der Waals surface area (Å²) < 4.78 is 26.9. The Morgan fingerprint density at radius 3 is 2.63 bits per heavy atom. The van der Waals surface area contributed by atoms with Gasteiger partial charge in [-0.05, 0) is 55.6 Å². The average Bonchev–Trinajstić information content (AvgIpc) is 3.19. The number of rotatable bonds is 9. The van der Waals surface area contributed by atoms with Crippen LogP contribution in [-0.2, 0) is 10.0 Å². The molecule has 0 bridgehead atoms. The maximum absolute atomic E-state index is 12.7. The molecule has 0 spiro atoms. The highest BCUT2D eigenvalue weighted by atomic mass is 32.2. The first-order valence-corrected chi connectivity index (χ1v) is 11.6. The molecule has 0 radical (unpaired) electrons. The molecular formula is C19H31N3O3S2. The Morgan fingerprint density at radius 2 is 2.00 bits per heavy atom. The number of hydrogen-bond donors (Lipinski definition) is 3. The van der Waals surface area contributed by atoms with Crippen molar-refractivity contribution in [3.8, 4) is 5.75 Å². The summed E-state index contributed by atoms with van der Waals surface area (Å²) in [6, 6.07) is 4.28. The topological polar surface area (TPSA) is 81.7 Å². The van der Waals surface area contributed by atoms with Crippen LogP contribution in [0.4, 0.5) is 5.69 Å². The third-order valence-corrected chi connectivity index (χ3v) is 7.15. The Balaban J connectivity index is 2.02. The molecule has 27 heavy (non-hydrogen) atoms. The van der Waals surface area contributed by atoms with Gasteiger partial charge in [-0.2, -0.15) is 4.31 Å². The Hall–Kier alpha value is -1.38. The van der Waals surface area contributed by atoms with Crippen molar-refractivity contribution in [1.82, 2.24) is 9.62 Å². The summed E-state index contributed by atoms with van der Waals surface area (Å²) in [6.07, 6.45) is 6.35. The lowest BCUT2D eigenvalue weighted by atomic mass is 9.99. The van der Waals surface area contributed by atoms with Crippen molar-refractivity contribution in [2.75, 3.05) is 25.0 Å². The largest absolute Gasteiger partial charge is 0.506 e. The van der Waals surface area contributed by atoms with Gasteiger partial charge < -0.3 is 15.7 Å². The summed E-state index contributed by atoms with van der Waals surface area (Å²) >= 11 is 5.33. The number of hydrogen-bond acceptors (Lipinski definition) is 4. The van der Waals surface area contributed by atoms with Gasteiger partial charge in [0.05, 0.1) is 10.6 Å². The van der Waals surface area contributed by atoms with Crippen LogP contribution in [0.15, 0.2) is 23.1 Å². The van der Waals surface area contributed by atoms with Crippen LogP contribution in [0.2, 0.25) is 0 Å². The molecule has 1 aromatic carbocycles. The van der Waals surface area contributed by atoms with Crippen LogP contribution in [0.3, 0.4) is 0 Å². The lowest BCUT2D eigenvalue weighted by Crippen LogP contribution is -2.33. The number of thiocarbonyl (C=S) groups is 1. The van der Waals surface area contributed by atoms with Crippen LogP contribution in [0, 0.1) is 5.92 Å². The zero-order valence-electron chi connectivity index (χ0n) is 16.2. The normalized spacial score (nSPS) is 16.2. The Morgan fingerprint density at radius 1 is 1.30 bits per heavy atom. The van der Waals surface area contributed by atoms with Gasteiger partial charge in [-0.1, -0.05) is 33.1 Å². The molecule has 1 atom stereocenters. The summed E-state index contributed by atoms with van der Waals surface area (Å²) in [4.78, 5) is 0.168. The van der Waals surface area contributed by atoms with Gasteiger partial charge in [-0.25, -0.2) is 8.42 Å². The second kappa shape index (κ2) is 10.2. The van der Waals surface area contributed by atoms with E-state index in [1.807, 2.05) is 0 Å². The van der Waals surface area contributed by atoms with E-state index in [-0.39, 0.29) is 10.6 Å². The molecule has 0 unspecified atom stereocenters. The van der Waals surface area contributed by atoms with E-state index in [1.165, 1.54) is 35.3 Å². The molecule has 2 rings (SSSR count). The van der Waals surface area contributed by atoms with E-state index in [4.69, 9.17) is 12.2 Å². The molecule has 6 nitrogen and oxygen atoms in total. The van der Waals surface area contributed by atoms with Gasteiger partial charge in [0.15, 0.2) is 5.11 Å². The fourth-order valence-corrected chi connectivity index (χ4v) is 4.94. The third kappa shape index (κ3) is 6.05. The molecule has 0 amide bonds. The van der Waals surface area contributed by atoms with E-state index in [0.717, 1.165) is 32.2 Å². The van der Waals surface area contributed by atoms with Gasteiger partial charge in [-0.15, -0.1) is 0 Å². The first-order valence-electron chi connectivity index (χ1n) is 9.76. The first-order chi connectivity index (χ1) is 12.9. The van der Waals surface area contributed by atoms with Gasteiger partial charge >= 0.3 is 0 Å². The fourth-order valence-electron chi connectivity index (χ4n) is 3.20. The van der Waals surface area contributed by atoms with Crippen molar-refractivity contribution in [3.05, 3.63) is 18.2 Å². The summed E-state index contributed by atoms with van der Waals surface area (Å²) in [7, 11) is -3.54. The lowest BCUT2D eigenvalue weighted by Gasteiger charge is -2.19. The number of anilines is 1. The van der Waals surface area contributed by atoms with E-state index in [9.17, 15) is 13.5 Å². The molecule has 1 saturated heterocycles. The number of nitrogens with one attached hydrogen (secondary N) is 2. The maximum Gasteiger partial charge on any atom is 0.243 e. The minimum atomic E-state index is -3.54. The van der Waals surface area contributed by atoms with Crippen LogP contribution in [0.25, 0.3) is 0 Å². The second-order valence-corrected chi connectivity index (χ2v) is 9.39. The number of phenolic OH excluding ortho intramolecular Hbond substituents is 1. The number of aromatic hydroxyl groups is 1. The molecule has 1 aliphatic rings. The molecule has 8 heteroatoms. The zero-order chi connectivity index (χ0) is 19.9. The van der Waals surface area contributed by atoms with E-state index in [1.54, 1.807) is 0 Å². The molecule has 152 valence electrons. The number of sulfonamides is 1. The van der Waals surface area contributed by atoms with Crippen molar-refractivity contribution >= 4 is 33.0 Å².